The van der Waals surface area contributed by atoms with Crippen LogP contribution in [0.25, 0.3) is 0 Å². The minimum absolute atomic E-state index is 0.146. The van der Waals surface area contributed by atoms with Crippen LogP contribution in [0.1, 0.15) is 36.3 Å². The van der Waals surface area contributed by atoms with E-state index in [0.717, 1.165) is 30.9 Å². The van der Waals surface area contributed by atoms with Gasteiger partial charge in [-0.05, 0) is 57.7 Å². The fourth-order valence-corrected chi connectivity index (χ4v) is 3.61. The van der Waals surface area contributed by atoms with Crippen molar-refractivity contribution in [1.29, 1.82) is 0 Å². The van der Waals surface area contributed by atoms with Gasteiger partial charge in [-0.1, -0.05) is 0 Å². The number of piperidine rings is 1. The normalized spacial score (nSPS) is 26.2. The van der Waals surface area contributed by atoms with Crippen LogP contribution in [-0.4, -0.2) is 52.9 Å². The summed E-state index contributed by atoms with van der Waals surface area (Å²) in [5.74, 6) is 1.47. The van der Waals surface area contributed by atoms with Gasteiger partial charge in [-0.15, -0.1) is 0 Å². The van der Waals surface area contributed by atoms with Gasteiger partial charge in [-0.25, -0.2) is 0 Å². The Bertz CT molecular complexity index is 511. The first-order valence-electron chi connectivity index (χ1n) is 8.00. The fourth-order valence-electron chi connectivity index (χ4n) is 3.61. The predicted molar refractivity (Wildman–Crippen MR) is 83.2 cm³/mol. The molecule has 0 spiro atoms. The smallest absolute Gasteiger partial charge is 0.255 e. The van der Waals surface area contributed by atoms with Crippen molar-refractivity contribution in [3.63, 3.8) is 0 Å². The van der Waals surface area contributed by atoms with Crippen molar-refractivity contribution in [2.24, 2.45) is 11.8 Å². The van der Waals surface area contributed by atoms with Gasteiger partial charge >= 0.3 is 0 Å². The molecule has 2 aliphatic rings. The zero-order valence-corrected chi connectivity index (χ0v) is 13.2. The minimum Gasteiger partial charge on any atom is -0.338 e. The summed E-state index contributed by atoms with van der Waals surface area (Å²) in [6.45, 7) is 10.6. The van der Waals surface area contributed by atoms with Crippen LogP contribution in [0.2, 0.25) is 0 Å². The van der Waals surface area contributed by atoms with E-state index in [1.807, 2.05) is 24.0 Å². The van der Waals surface area contributed by atoms with Crippen molar-refractivity contribution in [2.75, 3.05) is 26.2 Å². The van der Waals surface area contributed by atoms with E-state index in [4.69, 9.17) is 0 Å². The molecule has 0 bridgehead atoms. The molecular formula is C17H25N3O. The van der Waals surface area contributed by atoms with E-state index >= 15 is 0 Å². The van der Waals surface area contributed by atoms with Crippen LogP contribution in [-0.2, 0) is 0 Å². The number of rotatable bonds is 2. The van der Waals surface area contributed by atoms with Gasteiger partial charge in [0.25, 0.3) is 5.91 Å². The minimum atomic E-state index is 0.146. The summed E-state index contributed by atoms with van der Waals surface area (Å²) in [4.78, 5) is 21.4. The van der Waals surface area contributed by atoms with Crippen LogP contribution in [0.3, 0.4) is 0 Å². The summed E-state index contributed by atoms with van der Waals surface area (Å²) < 4.78 is 0. The van der Waals surface area contributed by atoms with Crippen molar-refractivity contribution >= 4 is 5.91 Å². The maximum Gasteiger partial charge on any atom is 0.255 e. The number of carbonyl (C=O) groups excluding carboxylic acids is 1. The van der Waals surface area contributed by atoms with Crippen LogP contribution in [0.5, 0.6) is 0 Å². The monoisotopic (exact) mass is 287 g/mol. The summed E-state index contributed by atoms with van der Waals surface area (Å²) in [5, 5.41) is 0. The quantitative estimate of drug-likeness (QED) is 0.836. The summed E-state index contributed by atoms with van der Waals surface area (Å²) in [7, 11) is 0. The molecule has 0 radical (unpaired) electrons. The molecule has 0 aliphatic carbocycles. The lowest BCUT2D eigenvalue weighted by Crippen LogP contribution is -2.43. The molecule has 1 aromatic rings. The van der Waals surface area contributed by atoms with Crippen molar-refractivity contribution in [3.05, 3.63) is 29.6 Å². The Morgan fingerprint density at radius 2 is 2.00 bits per heavy atom. The average molecular weight is 287 g/mol. The van der Waals surface area contributed by atoms with Gasteiger partial charge < -0.3 is 9.80 Å². The molecule has 0 unspecified atom stereocenters. The van der Waals surface area contributed by atoms with Gasteiger partial charge in [-0.2, -0.15) is 0 Å². The summed E-state index contributed by atoms with van der Waals surface area (Å²) >= 11 is 0. The molecule has 4 heteroatoms. The van der Waals surface area contributed by atoms with Crippen molar-refractivity contribution in [3.8, 4) is 0 Å². The maximum atomic E-state index is 12.6. The molecule has 2 saturated heterocycles. The summed E-state index contributed by atoms with van der Waals surface area (Å²) in [6, 6.07) is 4.42. The van der Waals surface area contributed by atoms with Gasteiger partial charge in [0.2, 0.25) is 0 Å². The highest BCUT2D eigenvalue weighted by Gasteiger charge is 2.39. The molecule has 2 fully saturated rings. The Balaban J connectivity index is 1.66. The van der Waals surface area contributed by atoms with Gasteiger partial charge in [0.1, 0.15) is 0 Å². The summed E-state index contributed by atoms with van der Waals surface area (Å²) in [6.07, 6.45) is 2.93. The van der Waals surface area contributed by atoms with Crippen LogP contribution in [0.4, 0.5) is 0 Å². The number of hydrogen-bond acceptors (Lipinski definition) is 3. The lowest BCUT2D eigenvalue weighted by Gasteiger charge is -2.36. The number of aromatic nitrogens is 1. The van der Waals surface area contributed by atoms with Crippen molar-refractivity contribution in [1.82, 2.24) is 14.8 Å². The largest absolute Gasteiger partial charge is 0.338 e. The number of hydrogen-bond donors (Lipinski definition) is 0. The molecule has 114 valence electrons. The lowest BCUT2D eigenvalue weighted by molar-refractivity contribution is 0.0783. The van der Waals surface area contributed by atoms with Crippen LogP contribution >= 0.6 is 0 Å². The van der Waals surface area contributed by atoms with Gasteiger partial charge in [0.05, 0.1) is 5.56 Å². The summed E-state index contributed by atoms with van der Waals surface area (Å²) in [5.41, 5.74) is 1.68. The Morgan fingerprint density at radius 1 is 1.24 bits per heavy atom. The number of nitrogens with zero attached hydrogens (tertiary/aromatic N) is 3. The molecule has 3 heterocycles. The Hall–Kier alpha value is -1.42. The third kappa shape index (κ3) is 2.95. The molecule has 3 rings (SSSR count). The zero-order chi connectivity index (χ0) is 15.0. The number of carbonyl (C=O) groups is 1. The topological polar surface area (TPSA) is 36.4 Å². The first kappa shape index (κ1) is 14.5. The second kappa shape index (κ2) is 5.76. The second-order valence-corrected chi connectivity index (χ2v) is 6.80. The Kier molecular flexibility index (Phi) is 3.98. The Morgan fingerprint density at radius 3 is 2.67 bits per heavy atom. The lowest BCUT2D eigenvalue weighted by atomic mass is 9.88. The molecular weight excluding hydrogens is 262 g/mol. The van der Waals surface area contributed by atoms with Crippen LogP contribution in [0.15, 0.2) is 18.3 Å². The molecule has 0 aromatic carbocycles. The highest BCUT2D eigenvalue weighted by Crippen LogP contribution is 2.32. The molecule has 0 N–H and O–H groups in total. The number of aryl methyl sites for hydroxylation is 1. The second-order valence-electron chi connectivity index (χ2n) is 6.80. The zero-order valence-electron chi connectivity index (χ0n) is 13.2. The number of fused-ring (bicyclic) bond motifs is 1. The molecule has 1 aromatic heterocycles. The first-order chi connectivity index (χ1) is 10.0. The molecule has 1 amide bonds. The van der Waals surface area contributed by atoms with E-state index in [1.165, 1.54) is 13.0 Å². The van der Waals surface area contributed by atoms with E-state index < -0.39 is 0 Å². The SMILES string of the molecule is Cc1ccc(C(=O)N2C[C@@H]3CCN(C(C)C)C[C@@H]3C2)cn1. The average Bonchev–Trinajstić information content (AvgIpc) is 2.90. The molecule has 0 saturated carbocycles. The van der Waals surface area contributed by atoms with E-state index in [2.05, 4.69) is 23.7 Å². The van der Waals surface area contributed by atoms with Crippen molar-refractivity contribution in [2.45, 2.75) is 33.2 Å². The van der Waals surface area contributed by atoms with E-state index in [1.54, 1.807) is 6.20 Å². The number of likely N-dealkylation sites (tertiary alicyclic amines) is 2. The number of amides is 1. The molecule has 2 atom stereocenters. The highest BCUT2D eigenvalue weighted by atomic mass is 16.2. The third-order valence-electron chi connectivity index (χ3n) is 5.01. The molecule has 2 aliphatic heterocycles. The third-order valence-corrected chi connectivity index (χ3v) is 5.01. The van der Waals surface area contributed by atoms with Gasteiger partial charge in [0.15, 0.2) is 0 Å². The molecule has 4 nitrogen and oxygen atoms in total. The van der Waals surface area contributed by atoms with E-state index in [9.17, 15) is 4.79 Å². The highest BCUT2D eigenvalue weighted by molar-refractivity contribution is 5.94. The van der Waals surface area contributed by atoms with Gasteiger partial charge in [0, 0.05) is 37.6 Å². The first-order valence-corrected chi connectivity index (χ1v) is 8.00. The number of pyridine rings is 1. The maximum absolute atomic E-state index is 12.6. The van der Waals surface area contributed by atoms with E-state index in [0.29, 0.717) is 17.9 Å². The van der Waals surface area contributed by atoms with Gasteiger partial charge in [-0.3, -0.25) is 9.78 Å². The van der Waals surface area contributed by atoms with E-state index in [-0.39, 0.29) is 5.91 Å². The van der Waals surface area contributed by atoms with Crippen LogP contribution < -0.4 is 0 Å². The van der Waals surface area contributed by atoms with Crippen molar-refractivity contribution < 1.29 is 4.79 Å². The van der Waals surface area contributed by atoms with Crippen LogP contribution in [0, 0.1) is 18.8 Å². The molecule has 21 heavy (non-hydrogen) atoms. The standard InChI is InChI=1S/C17H25N3O/c1-12(2)19-7-6-15-9-20(11-16(15)10-19)17(21)14-5-4-13(3)18-8-14/h4-5,8,12,15-16H,6-7,9-11H2,1-3H3/t15-,16+/m0/s1. The fraction of sp³-hybridized carbons (Fsp3) is 0.647. The predicted octanol–water partition coefficient (Wildman–Crippen LogP) is 2.19. The Labute approximate surface area is 127 Å².